The molecule has 0 radical (unpaired) electrons. The Morgan fingerprint density at radius 1 is 1.47 bits per heavy atom. The van der Waals surface area contributed by atoms with Crippen LogP contribution in [0.1, 0.15) is 22.2 Å². The van der Waals surface area contributed by atoms with Crippen LogP contribution in [0, 0.1) is 6.92 Å². The first kappa shape index (κ1) is 11.0. The van der Waals surface area contributed by atoms with Crippen molar-refractivity contribution in [1.82, 2.24) is 20.1 Å². The quantitative estimate of drug-likeness (QED) is 0.814. The van der Waals surface area contributed by atoms with Gasteiger partial charge in [0, 0.05) is 0 Å². The number of nitrogens with zero attached hydrogens (tertiary/aromatic N) is 4. The van der Waals surface area contributed by atoms with E-state index < -0.39 is 5.97 Å². The summed E-state index contributed by atoms with van der Waals surface area (Å²) in [7, 11) is 0. The van der Waals surface area contributed by atoms with Crippen LogP contribution >= 0.6 is 0 Å². The van der Waals surface area contributed by atoms with E-state index >= 15 is 0 Å². The van der Waals surface area contributed by atoms with Gasteiger partial charge in [-0.1, -0.05) is 5.16 Å². The number of rotatable bonds is 4. The molecule has 2 aromatic heterocycles. The van der Waals surface area contributed by atoms with Crippen molar-refractivity contribution >= 4 is 5.97 Å². The molecule has 0 aliphatic heterocycles. The van der Waals surface area contributed by atoms with Gasteiger partial charge < -0.3 is 14.4 Å². The highest BCUT2D eigenvalue weighted by atomic mass is 16.5. The zero-order chi connectivity index (χ0) is 12.3. The van der Waals surface area contributed by atoms with Crippen molar-refractivity contribution in [2.75, 3.05) is 0 Å². The first-order valence-corrected chi connectivity index (χ1v) is 4.62. The molecule has 8 nitrogen and oxygen atoms in total. The number of hydrogen-bond acceptors (Lipinski definition) is 7. The minimum absolute atomic E-state index is 0.0575. The lowest BCUT2D eigenvalue weighted by Gasteiger charge is -2.00. The van der Waals surface area contributed by atoms with Crippen LogP contribution in [0.4, 0.5) is 0 Å². The Hall–Kier alpha value is -2.51. The molecule has 0 aliphatic rings. The smallest absolute Gasteiger partial charge is 0.356 e. The molecule has 0 unspecified atom stereocenters. The van der Waals surface area contributed by atoms with Crippen molar-refractivity contribution < 1.29 is 19.2 Å². The third-order valence-corrected chi connectivity index (χ3v) is 1.76. The van der Waals surface area contributed by atoms with E-state index in [1.54, 1.807) is 6.92 Å². The van der Waals surface area contributed by atoms with E-state index in [-0.39, 0.29) is 18.2 Å². The molecule has 0 aliphatic carbocycles. The Morgan fingerprint density at radius 3 is 2.82 bits per heavy atom. The summed E-state index contributed by atoms with van der Waals surface area (Å²) in [5.74, 6) is -0.134. The molecule has 0 spiro atoms. The molecule has 1 N–H and O–H groups in total. The first-order chi connectivity index (χ1) is 8.15. The molecular weight excluding hydrogens is 228 g/mol. The number of aromatic carboxylic acids is 1. The molecule has 2 aromatic rings. The molecule has 0 bridgehead atoms. The molecule has 0 fully saturated rings. The van der Waals surface area contributed by atoms with E-state index in [9.17, 15) is 4.79 Å². The molecule has 0 amide bonds. The first-order valence-electron chi connectivity index (χ1n) is 4.62. The average Bonchev–Trinajstić information content (AvgIpc) is 2.73. The molecule has 88 valence electrons. The highest BCUT2D eigenvalue weighted by Gasteiger charge is 2.07. The normalized spacial score (nSPS) is 10.2. The number of hydrogen-bond donors (Lipinski definition) is 1. The van der Waals surface area contributed by atoms with Gasteiger partial charge in [-0.05, 0) is 6.92 Å². The predicted octanol–water partition coefficient (Wildman–Crippen LogP) is 0.445. The maximum atomic E-state index is 10.5. The van der Waals surface area contributed by atoms with Crippen molar-refractivity contribution in [2.45, 2.75) is 13.5 Å². The third-order valence-electron chi connectivity index (χ3n) is 1.76. The van der Waals surface area contributed by atoms with Crippen LogP contribution in [0.5, 0.6) is 5.88 Å². The van der Waals surface area contributed by atoms with Crippen LogP contribution in [-0.2, 0) is 6.61 Å². The number of aryl methyl sites for hydroxylation is 1. The van der Waals surface area contributed by atoms with Crippen molar-refractivity contribution in [3.05, 3.63) is 29.8 Å². The van der Waals surface area contributed by atoms with Gasteiger partial charge in [-0.15, -0.1) is 0 Å². The molecule has 0 saturated heterocycles. The predicted molar refractivity (Wildman–Crippen MR) is 52.4 cm³/mol. The fraction of sp³-hybridized carbons (Fsp3) is 0.222. The maximum absolute atomic E-state index is 10.5. The number of carboxylic acids is 1. The summed E-state index contributed by atoms with van der Waals surface area (Å²) in [6.07, 6.45) is 2.32. The topological polar surface area (TPSA) is 111 Å². The van der Waals surface area contributed by atoms with Gasteiger partial charge in [-0.25, -0.2) is 14.8 Å². The molecule has 0 aromatic carbocycles. The largest absolute Gasteiger partial charge is 0.476 e. The lowest BCUT2D eigenvalue weighted by Crippen LogP contribution is -2.03. The lowest BCUT2D eigenvalue weighted by molar-refractivity contribution is 0.0689. The van der Waals surface area contributed by atoms with E-state index in [1.165, 1.54) is 6.20 Å². The number of carbonyl (C=O) groups is 1. The van der Waals surface area contributed by atoms with Gasteiger partial charge in [-0.2, -0.15) is 4.98 Å². The van der Waals surface area contributed by atoms with E-state index in [2.05, 4.69) is 20.1 Å². The molecule has 0 atom stereocenters. The van der Waals surface area contributed by atoms with Gasteiger partial charge in [0.2, 0.25) is 5.88 Å². The Bertz CT molecular complexity index is 522. The third kappa shape index (κ3) is 2.74. The Labute approximate surface area is 95.3 Å². The van der Waals surface area contributed by atoms with Crippen molar-refractivity contribution in [2.24, 2.45) is 0 Å². The molecule has 8 heteroatoms. The molecule has 0 saturated carbocycles. The Balaban J connectivity index is 1.97. The standard InChI is InChI=1S/C9H8N4O4/c1-5-12-8(17-13-5)4-16-7-3-10-6(2-11-7)9(14)15/h2-3H,4H2,1H3,(H,14,15). The van der Waals surface area contributed by atoms with Gasteiger partial charge in [0.25, 0.3) is 5.89 Å². The fourth-order valence-electron chi connectivity index (χ4n) is 1.04. The highest BCUT2D eigenvalue weighted by Crippen LogP contribution is 2.07. The second-order valence-corrected chi connectivity index (χ2v) is 3.07. The van der Waals surface area contributed by atoms with Crippen LogP contribution in [0.2, 0.25) is 0 Å². The Kier molecular flexibility index (Phi) is 2.95. The molecule has 2 rings (SSSR count). The van der Waals surface area contributed by atoms with Crippen molar-refractivity contribution in [1.29, 1.82) is 0 Å². The Morgan fingerprint density at radius 2 is 2.29 bits per heavy atom. The van der Waals surface area contributed by atoms with E-state index in [0.29, 0.717) is 11.7 Å². The van der Waals surface area contributed by atoms with Crippen LogP contribution in [0.15, 0.2) is 16.9 Å². The zero-order valence-electron chi connectivity index (χ0n) is 8.82. The fourth-order valence-corrected chi connectivity index (χ4v) is 1.04. The summed E-state index contributed by atoms with van der Waals surface area (Å²) in [4.78, 5) is 21.9. The van der Waals surface area contributed by atoms with Gasteiger partial charge in [-0.3, -0.25) is 0 Å². The van der Waals surface area contributed by atoms with Crippen LogP contribution in [-0.4, -0.2) is 31.2 Å². The lowest BCUT2D eigenvalue weighted by atomic mass is 10.5. The second-order valence-electron chi connectivity index (χ2n) is 3.07. The summed E-state index contributed by atoms with van der Waals surface area (Å²) < 4.78 is 10.00. The minimum atomic E-state index is -1.14. The van der Waals surface area contributed by atoms with E-state index in [1.807, 2.05) is 0 Å². The summed E-state index contributed by atoms with van der Waals surface area (Å²) in [5.41, 5.74) is -0.147. The zero-order valence-corrected chi connectivity index (χ0v) is 8.82. The van der Waals surface area contributed by atoms with Gasteiger partial charge in [0.15, 0.2) is 18.1 Å². The van der Waals surface area contributed by atoms with Crippen molar-refractivity contribution in [3.8, 4) is 5.88 Å². The van der Waals surface area contributed by atoms with Crippen LogP contribution in [0.3, 0.4) is 0 Å². The van der Waals surface area contributed by atoms with Crippen LogP contribution < -0.4 is 4.74 Å². The number of ether oxygens (including phenoxy) is 1. The second kappa shape index (κ2) is 4.56. The van der Waals surface area contributed by atoms with Gasteiger partial charge in [0.05, 0.1) is 12.4 Å². The van der Waals surface area contributed by atoms with Crippen molar-refractivity contribution in [3.63, 3.8) is 0 Å². The highest BCUT2D eigenvalue weighted by molar-refractivity contribution is 5.84. The summed E-state index contributed by atoms with van der Waals surface area (Å²) in [5, 5.41) is 12.2. The molecular formula is C9H8N4O4. The molecule has 2 heterocycles. The van der Waals surface area contributed by atoms with Gasteiger partial charge >= 0.3 is 5.97 Å². The van der Waals surface area contributed by atoms with Crippen LogP contribution in [0.25, 0.3) is 0 Å². The van der Waals surface area contributed by atoms with E-state index in [4.69, 9.17) is 14.4 Å². The molecule has 17 heavy (non-hydrogen) atoms. The summed E-state index contributed by atoms with van der Waals surface area (Å²) in [6.45, 7) is 1.75. The van der Waals surface area contributed by atoms with E-state index in [0.717, 1.165) is 6.20 Å². The minimum Gasteiger partial charge on any atom is -0.476 e. The number of carboxylic acid groups (broad SMARTS) is 1. The maximum Gasteiger partial charge on any atom is 0.356 e. The summed E-state index contributed by atoms with van der Waals surface area (Å²) >= 11 is 0. The number of aromatic nitrogens is 4. The average molecular weight is 236 g/mol. The van der Waals surface area contributed by atoms with Gasteiger partial charge in [0.1, 0.15) is 0 Å². The summed E-state index contributed by atoms with van der Waals surface area (Å²) in [6, 6.07) is 0. The monoisotopic (exact) mass is 236 g/mol. The SMILES string of the molecule is Cc1noc(COc2cnc(C(=O)O)cn2)n1.